The lowest BCUT2D eigenvalue weighted by Gasteiger charge is -2.11. The van der Waals surface area contributed by atoms with E-state index in [1.165, 1.54) is 6.39 Å². The van der Waals surface area contributed by atoms with Crippen LogP contribution >= 0.6 is 15.9 Å². The molecule has 2 heterocycles. The molecule has 1 aromatic carbocycles. The summed E-state index contributed by atoms with van der Waals surface area (Å²) in [5.41, 5.74) is 3.04. The summed E-state index contributed by atoms with van der Waals surface area (Å²) in [7, 11) is 1.60. The number of oxazole rings is 1. The number of alkyl halides is 1. The van der Waals surface area contributed by atoms with Crippen molar-refractivity contribution in [3.8, 4) is 23.1 Å². The summed E-state index contributed by atoms with van der Waals surface area (Å²) in [4.78, 5) is 8.68. The van der Waals surface area contributed by atoms with Crippen LogP contribution in [0.3, 0.4) is 0 Å². The normalized spacial score (nSPS) is 12.1. The smallest absolute Gasteiger partial charge is 0.181 e. The number of methoxy groups -OCH3 is 1. The zero-order valence-corrected chi connectivity index (χ0v) is 15.7. The Balaban J connectivity index is 2.10. The number of ether oxygens (including phenoxy) is 1. The topological polar surface area (TPSA) is 71.9 Å². The average molecular weight is 400 g/mol. The van der Waals surface area contributed by atoms with Crippen LogP contribution in [0.4, 0.5) is 0 Å². The third-order valence-electron chi connectivity index (χ3n) is 4.16. The van der Waals surface area contributed by atoms with Gasteiger partial charge in [0.2, 0.25) is 0 Å². The number of benzene rings is 1. The molecule has 0 aliphatic heterocycles. The van der Waals surface area contributed by atoms with Gasteiger partial charge in [-0.3, -0.25) is 4.98 Å². The first-order chi connectivity index (χ1) is 12.2. The van der Waals surface area contributed by atoms with Gasteiger partial charge in [0.25, 0.3) is 0 Å². The lowest BCUT2D eigenvalue weighted by molar-refractivity contribution is 0.415. The summed E-state index contributed by atoms with van der Waals surface area (Å²) in [6.07, 6.45) is 4.85. The first-order valence-corrected chi connectivity index (χ1v) is 9.15. The molecule has 3 rings (SSSR count). The number of hydrogen-bond acceptors (Lipinski definition) is 5. The van der Waals surface area contributed by atoms with Gasteiger partial charge >= 0.3 is 0 Å². The van der Waals surface area contributed by atoms with Crippen molar-refractivity contribution in [1.29, 1.82) is 5.26 Å². The number of rotatable bonds is 6. The molecule has 0 saturated heterocycles. The van der Waals surface area contributed by atoms with E-state index in [0.29, 0.717) is 23.0 Å². The summed E-state index contributed by atoms with van der Waals surface area (Å²) in [6.45, 7) is 2.19. The molecule has 128 valence electrons. The first-order valence-electron chi connectivity index (χ1n) is 8.02. The van der Waals surface area contributed by atoms with Gasteiger partial charge < -0.3 is 9.15 Å². The zero-order chi connectivity index (χ0) is 17.8. The van der Waals surface area contributed by atoms with Crippen LogP contribution in [0.2, 0.25) is 0 Å². The average Bonchev–Trinajstić information content (AvgIpc) is 3.18. The summed E-state index contributed by atoms with van der Waals surface area (Å²) in [5.74, 6) is 1.80. The first kappa shape index (κ1) is 17.4. The lowest BCUT2D eigenvalue weighted by atomic mass is 10.0. The number of aryl methyl sites for hydroxylation is 1. The highest BCUT2D eigenvalue weighted by atomic mass is 79.9. The third-order valence-corrected chi connectivity index (χ3v) is 5.26. The second-order valence-electron chi connectivity index (χ2n) is 6.01. The standard InChI is InChI=1S/C19H18BrN3O2/c1-12(8-20)3-4-14-5-13(9-21)15-6-16(19-10-22-11-25-19)18(24-2)7-17(15)23-14/h5-7,10-12H,3-4,8H2,1-2H3. The molecule has 0 saturated carbocycles. The van der Waals surface area contributed by atoms with E-state index in [4.69, 9.17) is 14.1 Å². The molecule has 3 aromatic rings. The Bertz CT molecular complexity index is 917. The minimum absolute atomic E-state index is 0.561. The molecule has 25 heavy (non-hydrogen) atoms. The SMILES string of the molecule is COc1cc2nc(CCC(C)CBr)cc(C#N)c2cc1-c1cnco1. The van der Waals surface area contributed by atoms with Crippen LogP contribution in [0.1, 0.15) is 24.6 Å². The molecule has 0 aliphatic carbocycles. The van der Waals surface area contributed by atoms with E-state index in [2.05, 4.69) is 33.9 Å². The maximum atomic E-state index is 9.58. The quantitative estimate of drug-likeness (QED) is 0.560. The van der Waals surface area contributed by atoms with Crippen molar-refractivity contribution in [2.45, 2.75) is 19.8 Å². The van der Waals surface area contributed by atoms with Crippen molar-refractivity contribution in [2.75, 3.05) is 12.4 Å². The van der Waals surface area contributed by atoms with E-state index in [0.717, 1.165) is 40.3 Å². The van der Waals surface area contributed by atoms with Crippen LogP contribution in [0, 0.1) is 17.2 Å². The van der Waals surface area contributed by atoms with Crippen LogP contribution < -0.4 is 4.74 Å². The van der Waals surface area contributed by atoms with Crippen LogP contribution in [0.5, 0.6) is 5.75 Å². The van der Waals surface area contributed by atoms with Gasteiger partial charge in [0.1, 0.15) is 5.75 Å². The van der Waals surface area contributed by atoms with Gasteiger partial charge in [-0.2, -0.15) is 5.26 Å². The second kappa shape index (κ2) is 7.66. The Morgan fingerprint density at radius 1 is 1.36 bits per heavy atom. The molecule has 5 nitrogen and oxygen atoms in total. The number of nitrogens with zero attached hydrogens (tertiary/aromatic N) is 3. The van der Waals surface area contributed by atoms with E-state index in [9.17, 15) is 5.26 Å². The summed E-state index contributed by atoms with van der Waals surface area (Å²) in [6, 6.07) is 7.89. The number of halogens is 1. The molecule has 6 heteroatoms. The molecular weight excluding hydrogens is 382 g/mol. The third kappa shape index (κ3) is 3.67. The van der Waals surface area contributed by atoms with Crippen molar-refractivity contribution >= 4 is 26.8 Å². The van der Waals surface area contributed by atoms with E-state index in [1.54, 1.807) is 13.3 Å². The predicted octanol–water partition coefficient (Wildman–Crippen LogP) is 4.73. The summed E-state index contributed by atoms with van der Waals surface area (Å²) >= 11 is 3.50. The Morgan fingerprint density at radius 2 is 2.20 bits per heavy atom. The number of nitriles is 1. The molecule has 0 bridgehead atoms. The van der Waals surface area contributed by atoms with Gasteiger partial charge in [0.05, 0.1) is 36.0 Å². The molecule has 0 spiro atoms. The highest BCUT2D eigenvalue weighted by Crippen LogP contribution is 2.34. The number of aromatic nitrogens is 2. The zero-order valence-electron chi connectivity index (χ0n) is 14.1. The van der Waals surface area contributed by atoms with Crippen LogP contribution in [-0.2, 0) is 6.42 Å². The summed E-state index contributed by atoms with van der Waals surface area (Å²) in [5, 5.41) is 11.3. The van der Waals surface area contributed by atoms with Crippen LogP contribution in [0.15, 0.2) is 35.2 Å². The lowest BCUT2D eigenvalue weighted by Crippen LogP contribution is -2.01. The molecule has 0 fully saturated rings. The number of pyridine rings is 1. The van der Waals surface area contributed by atoms with E-state index < -0.39 is 0 Å². The highest BCUT2D eigenvalue weighted by molar-refractivity contribution is 9.09. The Hall–Kier alpha value is -2.39. The van der Waals surface area contributed by atoms with E-state index in [-0.39, 0.29) is 0 Å². The van der Waals surface area contributed by atoms with Gasteiger partial charge in [-0.05, 0) is 30.9 Å². The Morgan fingerprint density at radius 3 is 2.84 bits per heavy atom. The number of fused-ring (bicyclic) bond motifs is 1. The van der Waals surface area contributed by atoms with Crippen molar-refractivity contribution in [2.24, 2.45) is 5.92 Å². The Kier molecular flexibility index (Phi) is 5.34. The summed E-state index contributed by atoms with van der Waals surface area (Å²) < 4.78 is 10.9. The second-order valence-corrected chi connectivity index (χ2v) is 6.65. The molecular formula is C19H18BrN3O2. The van der Waals surface area contributed by atoms with Crippen molar-refractivity contribution in [1.82, 2.24) is 9.97 Å². The fraction of sp³-hybridized carbons (Fsp3) is 0.316. The number of hydrogen-bond donors (Lipinski definition) is 0. The van der Waals surface area contributed by atoms with Gasteiger partial charge in [0, 0.05) is 22.5 Å². The molecule has 1 unspecified atom stereocenters. The molecule has 0 radical (unpaired) electrons. The maximum Gasteiger partial charge on any atom is 0.181 e. The van der Waals surface area contributed by atoms with Crippen LogP contribution in [-0.4, -0.2) is 22.4 Å². The van der Waals surface area contributed by atoms with Crippen LogP contribution in [0.25, 0.3) is 22.2 Å². The van der Waals surface area contributed by atoms with Gasteiger partial charge in [-0.25, -0.2) is 4.98 Å². The van der Waals surface area contributed by atoms with E-state index in [1.807, 2.05) is 18.2 Å². The Labute approximate surface area is 154 Å². The highest BCUT2D eigenvalue weighted by Gasteiger charge is 2.15. The van der Waals surface area contributed by atoms with Gasteiger partial charge in [-0.15, -0.1) is 0 Å². The van der Waals surface area contributed by atoms with E-state index >= 15 is 0 Å². The molecule has 2 aromatic heterocycles. The van der Waals surface area contributed by atoms with Crippen molar-refractivity contribution < 1.29 is 9.15 Å². The maximum absolute atomic E-state index is 9.58. The molecule has 0 N–H and O–H groups in total. The monoisotopic (exact) mass is 399 g/mol. The minimum Gasteiger partial charge on any atom is -0.496 e. The predicted molar refractivity (Wildman–Crippen MR) is 99.8 cm³/mol. The largest absolute Gasteiger partial charge is 0.496 e. The molecule has 1 atom stereocenters. The van der Waals surface area contributed by atoms with Crippen molar-refractivity contribution in [3.05, 3.63) is 42.0 Å². The van der Waals surface area contributed by atoms with Crippen molar-refractivity contribution in [3.63, 3.8) is 0 Å². The fourth-order valence-corrected chi connectivity index (χ4v) is 3.03. The minimum atomic E-state index is 0.561. The fourth-order valence-electron chi connectivity index (χ4n) is 2.71. The van der Waals surface area contributed by atoms with Gasteiger partial charge in [0.15, 0.2) is 12.2 Å². The van der Waals surface area contributed by atoms with Gasteiger partial charge in [-0.1, -0.05) is 22.9 Å². The molecule has 0 aliphatic rings. The molecule has 0 amide bonds.